The molecule has 0 rings (SSSR count). The number of hydrogen-bond acceptors (Lipinski definition) is 4. The van der Waals surface area contributed by atoms with Gasteiger partial charge in [-0.3, -0.25) is 4.79 Å². The van der Waals surface area contributed by atoms with Crippen molar-refractivity contribution in [2.45, 2.75) is 38.8 Å². The SMILES string of the molecule is CC(C)NCCCC(=O)NCC(O)C(=O)O. The molecule has 0 saturated carbocycles. The molecule has 0 heterocycles. The third-order valence-electron chi connectivity index (χ3n) is 1.91. The number of amides is 1. The van der Waals surface area contributed by atoms with Crippen LogP contribution in [0.1, 0.15) is 26.7 Å². The highest BCUT2D eigenvalue weighted by Crippen LogP contribution is 1.89. The molecule has 6 nitrogen and oxygen atoms in total. The highest BCUT2D eigenvalue weighted by Gasteiger charge is 2.13. The van der Waals surface area contributed by atoms with E-state index in [4.69, 9.17) is 10.2 Å². The summed E-state index contributed by atoms with van der Waals surface area (Å²) in [7, 11) is 0. The van der Waals surface area contributed by atoms with E-state index in [0.29, 0.717) is 18.9 Å². The number of carboxylic acid groups (broad SMARTS) is 1. The van der Waals surface area contributed by atoms with E-state index in [-0.39, 0.29) is 12.5 Å². The van der Waals surface area contributed by atoms with E-state index in [0.717, 1.165) is 6.54 Å². The van der Waals surface area contributed by atoms with Gasteiger partial charge in [-0.05, 0) is 13.0 Å². The fourth-order valence-electron chi connectivity index (χ4n) is 1.03. The number of aliphatic hydroxyl groups excluding tert-OH is 1. The zero-order chi connectivity index (χ0) is 12.6. The molecule has 0 aromatic heterocycles. The number of aliphatic carboxylic acids is 1. The first-order chi connectivity index (χ1) is 7.43. The van der Waals surface area contributed by atoms with E-state index in [1.54, 1.807) is 0 Å². The molecule has 0 spiro atoms. The van der Waals surface area contributed by atoms with Crippen LogP contribution in [0.4, 0.5) is 0 Å². The van der Waals surface area contributed by atoms with Gasteiger partial charge in [0.05, 0.1) is 6.54 Å². The Balaban J connectivity index is 3.48. The van der Waals surface area contributed by atoms with Crippen LogP contribution in [-0.2, 0) is 9.59 Å². The smallest absolute Gasteiger partial charge is 0.334 e. The number of carbonyl (C=O) groups excluding carboxylic acids is 1. The monoisotopic (exact) mass is 232 g/mol. The van der Waals surface area contributed by atoms with Crippen LogP contribution in [0.15, 0.2) is 0 Å². The first kappa shape index (κ1) is 14.9. The van der Waals surface area contributed by atoms with Gasteiger partial charge in [0, 0.05) is 12.5 Å². The molecule has 1 amide bonds. The fourth-order valence-corrected chi connectivity index (χ4v) is 1.03. The van der Waals surface area contributed by atoms with Crippen LogP contribution in [-0.4, -0.2) is 47.3 Å². The molecule has 0 fully saturated rings. The summed E-state index contributed by atoms with van der Waals surface area (Å²) in [6.07, 6.45) is -0.517. The first-order valence-electron chi connectivity index (χ1n) is 5.34. The molecule has 0 aliphatic rings. The van der Waals surface area contributed by atoms with Gasteiger partial charge < -0.3 is 20.8 Å². The summed E-state index contributed by atoms with van der Waals surface area (Å²) in [6.45, 7) is 4.53. The van der Waals surface area contributed by atoms with Gasteiger partial charge in [-0.15, -0.1) is 0 Å². The molecule has 16 heavy (non-hydrogen) atoms. The van der Waals surface area contributed by atoms with E-state index >= 15 is 0 Å². The summed E-state index contributed by atoms with van der Waals surface area (Å²) in [6, 6.07) is 0.386. The minimum atomic E-state index is -1.53. The van der Waals surface area contributed by atoms with Crippen molar-refractivity contribution in [1.82, 2.24) is 10.6 Å². The number of rotatable bonds is 8. The second-order valence-corrected chi connectivity index (χ2v) is 3.87. The summed E-state index contributed by atoms with van der Waals surface area (Å²) in [4.78, 5) is 21.4. The summed E-state index contributed by atoms with van der Waals surface area (Å²) in [5.41, 5.74) is 0. The summed E-state index contributed by atoms with van der Waals surface area (Å²) in [5.74, 6) is -1.58. The third kappa shape index (κ3) is 8.19. The largest absolute Gasteiger partial charge is 0.479 e. The van der Waals surface area contributed by atoms with Gasteiger partial charge in [-0.25, -0.2) is 4.79 Å². The molecule has 0 aromatic carbocycles. The Kier molecular flexibility index (Phi) is 7.49. The van der Waals surface area contributed by atoms with Gasteiger partial charge in [0.15, 0.2) is 6.10 Å². The molecule has 1 unspecified atom stereocenters. The molecule has 0 aromatic rings. The predicted molar refractivity (Wildman–Crippen MR) is 59.0 cm³/mol. The molecular formula is C10H20N2O4. The normalized spacial score (nSPS) is 12.5. The Bertz CT molecular complexity index is 231. The van der Waals surface area contributed by atoms with Crippen molar-refractivity contribution < 1.29 is 19.8 Å². The Hall–Kier alpha value is -1.14. The zero-order valence-corrected chi connectivity index (χ0v) is 9.69. The second-order valence-electron chi connectivity index (χ2n) is 3.87. The lowest BCUT2D eigenvalue weighted by atomic mass is 10.2. The maximum absolute atomic E-state index is 11.2. The van der Waals surface area contributed by atoms with Crippen molar-refractivity contribution in [3.8, 4) is 0 Å². The molecule has 0 aliphatic heterocycles. The molecule has 1 atom stereocenters. The standard InChI is InChI=1S/C10H20N2O4/c1-7(2)11-5-3-4-9(14)12-6-8(13)10(15)16/h7-8,11,13H,3-6H2,1-2H3,(H,12,14)(H,15,16). The van der Waals surface area contributed by atoms with E-state index in [1.807, 2.05) is 13.8 Å². The molecule has 0 radical (unpaired) electrons. The van der Waals surface area contributed by atoms with Crippen molar-refractivity contribution in [3.63, 3.8) is 0 Å². The van der Waals surface area contributed by atoms with E-state index in [2.05, 4.69) is 10.6 Å². The topological polar surface area (TPSA) is 98.7 Å². The van der Waals surface area contributed by atoms with Gasteiger partial charge in [0.25, 0.3) is 0 Å². The van der Waals surface area contributed by atoms with Crippen LogP contribution in [0.2, 0.25) is 0 Å². The minimum absolute atomic E-state index is 0.244. The number of carboxylic acids is 1. The number of hydrogen-bond donors (Lipinski definition) is 4. The van der Waals surface area contributed by atoms with E-state index < -0.39 is 12.1 Å². The number of aliphatic hydroxyl groups is 1. The summed E-state index contributed by atoms with van der Waals surface area (Å²) in [5, 5.41) is 22.8. The van der Waals surface area contributed by atoms with Gasteiger partial charge in [0.2, 0.25) is 5.91 Å². The van der Waals surface area contributed by atoms with Crippen LogP contribution in [0.25, 0.3) is 0 Å². The van der Waals surface area contributed by atoms with Gasteiger partial charge in [0.1, 0.15) is 0 Å². The van der Waals surface area contributed by atoms with Crippen molar-refractivity contribution in [3.05, 3.63) is 0 Å². The van der Waals surface area contributed by atoms with Crippen molar-refractivity contribution in [2.75, 3.05) is 13.1 Å². The van der Waals surface area contributed by atoms with Crippen LogP contribution >= 0.6 is 0 Å². The maximum atomic E-state index is 11.2. The van der Waals surface area contributed by atoms with Gasteiger partial charge >= 0.3 is 5.97 Å². The van der Waals surface area contributed by atoms with Gasteiger partial charge in [-0.2, -0.15) is 0 Å². The lowest BCUT2D eigenvalue weighted by molar-refractivity contribution is -0.146. The Labute approximate surface area is 95.0 Å². The lowest BCUT2D eigenvalue weighted by Gasteiger charge is -2.09. The van der Waals surface area contributed by atoms with Crippen molar-refractivity contribution in [1.29, 1.82) is 0 Å². The molecule has 94 valence electrons. The first-order valence-corrected chi connectivity index (χ1v) is 5.34. The fraction of sp³-hybridized carbons (Fsp3) is 0.800. The van der Waals surface area contributed by atoms with Gasteiger partial charge in [-0.1, -0.05) is 13.8 Å². The number of carbonyl (C=O) groups is 2. The highest BCUT2D eigenvalue weighted by molar-refractivity contribution is 5.77. The van der Waals surface area contributed by atoms with Crippen LogP contribution in [0.3, 0.4) is 0 Å². The molecule has 4 N–H and O–H groups in total. The third-order valence-corrected chi connectivity index (χ3v) is 1.91. The zero-order valence-electron chi connectivity index (χ0n) is 9.69. The second kappa shape index (κ2) is 8.06. The van der Waals surface area contributed by atoms with Crippen LogP contribution < -0.4 is 10.6 Å². The molecule has 0 aliphatic carbocycles. The Morgan fingerprint density at radius 3 is 2.44 bits per heavy atom. The number of nitrogens with one attached hydrogen (secondary N) is 2. The quantitative estimate of drug-likeness (QED) is 0.416. The van der Waals surface area contributed by atoms with Crippen molar-refractivity contribution in [2.24, 2.45) is 0 Å². The van der Waals surface area contributed by atoms with Crippen LogP contribution in [0.5, 0.6) is 0 Å². The predicted octanol–water partition coefficient (Wildman–Crippen LogP) is -0.674. The summed E-state index contributed by atoms with van der Waals surface area (Å²) >= 11 is 0. The van der Waals surface area contributed by atoms with E-state index in [9.17, 15) is 9.59 Å². The minimum Gasteiger partial charge on any atom is -0.479 e. The summed E-state index contributed by atoms with van der Waals surface area (Å²) < 4.78 is 0. The molecular weight excluding hydrogens is 212 g/mol. The molecule has 6 heteroatoms. The molecule has 0 saturated heterocycles. The highest BCUT2D eigenvalue weighted by atomic mass is 16.4. The average molecular weight is 232 g/mol. The van der Waals surface area contributed by atoms with Crippen molar-refractivity contribution >= 4 is 11.9 Å². The Morgan fingerprint density at radius 2 is 1.94 bits per heavy atom. The average Bonchev–Trinajstić information content (AvgIpc) is 2.20. The van der Waals surface area contributed by atoms with E-state index in [1.165, 1.54) is 0 Å². The van der Waals surface area contributed by atoms with Crippen LogP contribution in [0, 0.1) is 0 Å². The maximum Gasteiger partial charge on any atom is 0.334 e. The Morgan fingerprint density at radius 1 is 1.31 bits per heavy atom. The lowest BCUT2D eigenvalue weighted by Crippen LogP contribution is -2.36. The molecule has 0 bridgehead atoms.